The average Bonchev–Trinajstić information content (AvgIpc) is 3.58. The second-order valence-corrected chi connectivity index (χ2v) is 11.4. The number of aliphatic hydroxyl groups excluding tert-OH is 1. The number of anilines is 1. The molecule has 10 heteroatoms. The molecule has 1 atom stereocenters. The fourth-order valence-electron chi connectivity index (χ4n) is 5.05. The Balaban J connectivity index is 1.48. The van der Waals surface area contributed by atoms with Gasteiger partial charge in [0.15, 0.2) is 16.6 Å². The minimum absolute atomic E-state index is 0.0745. The van der Waals surface area contributed by atoms with Gasteiger partial charge in [-0.25, -0.2) is 4.98 Å². The Labute approximate surface area is 262 Å². The van der Waals surface area contributed by atoms with Crippen LogP contribution >= 0.6 is 22.9 Å². The number of carbonyl (C=O) groups is 2. The quantitative estimate of drug-likeness (QED) is 0.102. The highest BCUT2D eigenvalue weighted by Crippen LogP contribution is 2.46. The van der Waals surface area contributed by atoms with Crippen molar-refractivity contribution >= 4 is 55.7 Å². The summed E-state index contributed by atoms with van der Waals surface area (Å²) in [6.07, 6.45) is 0. The van der Waals surface area contributed by atoms with Crippen LogP contribution < -0.4 is 19.1 Å². The van der Waals surface area contributed by atoms with E-state index in [-0.39, 0.29) is 11.3 Å². The second kappa shape index (κ2) is 12.4. The van der Waals surface area contributed by atoms with Crippen molar-refractivity contribution in [2.24, 2.45) is 0 Å². The van der Waals surface area contributed by atoms with Gasteiger partial charge in [0, 0.05) is 10.6 Å². The number of aliphatic hydroxyl groups is 1. The van der Waals surface area contributed by atoms with E-state index in [0.29, 0.717) is 57.3 Å². The molecular weight excluding hydrogens is 600 g/mol. The predicted octanol–water partition coefficient (Wildman–Crippen LogP) is 7.56. The number of rotatable bonds is 9. The molecule has 1 amide bonds. The number of carbonyl (C=O) groups excluding carboxylic acids is 2. The van der Waals surface area contributed by atoms with Crippen LogP contribution in [0.1, 0.15) is 29.7 Å². The van der Waals surface area contributed by atoms with Crippen molar-refractivity contribution in [3.8, 4) is 17.2 Å². The lowest BCUT2D eigenvalue weighted by molar-refractivity contribution is -0.132. The van der Waals surface area contributed by atoms with Gasteiger partial charge in [-0.3, -0.25) is 14.5 Å². The smallest absolute Gasteiger partial charge is 0.301 e. The zero-order valence-electron chi connectivity index (χ0n) is 23.8. The summed E-state index contributed by atoms with van der Waals surface area (Å²) in [5.74, 6) is -0.382. The molecule has 4 aromatic carbocycles. The molecule has 5 aromatic rings. The number of fused-ring (bicyclic) bond motifs is 1. The summed E-state index contributed by atoms with van der Waals surface area (Å²) >= 11 is 7.32. The Bertz CT molecular complexity index is 1890. The SMILES string of the molecule is CCOc1cc(C2C(=C(O)c3ccc(Cl)cc3)C(=O)C(=O)N2c2nc3ccc(OC)cc3s2)ccc1OCc1ccccc1. The topological polar surface area (TPSA) is 98.2 Å². The maximum Gasteiger partial charge on any atom is 0.301 e. The van der Waals surface area contributed by atoms with Crippen molar-refractivity contribution in [2.45, 2.75) is 19.6 Å². The van der Waals surface area contributed by atoms with E-state index in [0.717, 1.165) is 10.3 Å². The standard InChI is InChI=1S/C34H27ClN2O6S/c1-3-42-27-17-22(11-16-26(27)43-19-20-7-5-4-6-8-20)30-29(31(38)21-9-12-23(35)13-10-21)32(39)33(40)37(30)34-36-25-15-14-24(41-2)18-28(25)44-34/h4-18,30,38H,3,19H2,1-2H3. The number of Topliss-reactive ketones (excluding diaryl/α,β-unsaturated/α-hetero) is 1. The van der Waals surface area contributed by atoms with Crippen molar-refractivity contribution in [1.82, 2.24) is 4.98 Å². The van der Waals surface area contributed by atoms with Crippen molar-refractivity contribution < 1.29 is 28.9 Å². The lowest BCUT2D eigenvalue weighted by Gasteiger charge is -2.24. The summed E-state index contributed by atoms with van der Waals surface area (Å²) in [7, 11) is 1.57. The molecule has 6 rings (SSSR count). The number of thiazole rings is 1. The van der Waals surface area contributed by atoms with Gasteiger partial charge in [0.25, 0.3) is 5.78 Å². The van der Waals surface area contributed by atoms with E-state index >= 15 is 0 Å². The second-order valence-electron chi connectivity index (χ2n) is 9.92. The first-order chi connectivity index (χ1) is 21.4. The molecule has 8 nitrogen and oxygen atoms in total. The van der Waals surface area contributed by atoms with Gasteiger partial charge in [-0.1, -0.05) is 59.3 Å². The lowest BCUT2D eigenvalue weighted by Crippen LogP contribution is -2.29. The van der Waals surface area contributed by atoms with Crippen LogP contribution in [0.2, 0.25) is 5.02 Å². The Morgan fingerprint density at radius 1 is 0.955 bits per heavy atom. The molecule has 1 saturated heterocycles. The maximum atomic E-state index is 13.7. The van der Waals surface area contributed by atoms with E-state index in [9.17, 15) is 14.7 Å². The zero-order valence-corrected chi connectivity index (χ0v) is 25.4. The van der Waals surface area contributed by atoms with Gasteiger partial charge in [-0.2, -0.15) is 0 Å². The van der Waals surface area contributed by atoms with Crippen LogP contribution in [0.25, 0.3) is 16.0 Å². The number of ketones is 1. The highest BCUT2D eigenvalue weighted by atomic mass is 35.5. The van der Waals surface area contributed by atoms with E-state index in [1.807, 2.05) is 43.3 Å². The van der Waals surface area contributed by atoms with Crippen molar-refractivity contribution in [1.29, 1.82) is 0 Å². The molecular formula is C34H27ClN2O6S. The molecule has 2 heterocycles. The Kier molecular flexibility index (Phi) is 8.23. The minimum atomic E-state index is -1.00. The molecule has 0 saturated carbocycles. The normalized spacial score (nSPS) is 16.0. The van der Waals surface area contributed by atoms with Gasteiger partial charge in [0.05, 0.1) is 35.5 Å². The van der Waals surface area contributed by atoms with Crippen molar-refractivity contribution in [3.05, 3.63) is 118 Å². The number of amides is 1. The van der Waals surface area contributed by atoms with E-state index in [1.54, 1.807) is 61.7 Å². The Morgan fingerprint density at radius 2 is 1.73 bits per heavy atom. The van der Waals surface area contributed by atoms with Crippen LogP contribution in [-0.2, 0) is 16.2 Å². The molecule has 44 heavy (non-hydrogen) atoms. The van der Waals surface area contributed by atoms with E-state index in [1.165, 1.54) is 16.2 Å². The summed E-state index contributed by atoms with van der Waals surface area (Å²) in [6.45, 7) is 2.54. The average molecular weight is 627 g/mol. The highest BCUT2D eigenvalue weighted by Gasteiger charge is 2.48. The zero-order chi connectivity index (χ0) is 30.8. The van der Waals surface area contributed by atoms with Crippen LogP contribution in [0.4, 0.5) is 5.13 Å². The monoisotopic (exact) mass is 626 g/mol. The van der Waals surface area contributed by atoms with Crippen LogP contribution in [0.5, 0.6) is 17.2 Å². The van der Waals surface area contributed by atoms with Gasteiger partial charge in [-0.05, 0) is 72.6 Å². The molecule has 1 unspecified atom stereocenters. The summed E-state index contributed by atoms with van der Waals surface area (Å²) in [4.78, 5) is 33.4. The largest absolute Gasteiger partial charge is 0.507 e. The third-order valence-electron chi connectivity index (χ3n) is 7.17. The molecule has 222 valence electrons. The first-order valence-electron chi connectivity index (χ1n) is 13.8. The molecule has 1 fully saturated rings. The number of methoxy groups -OCH3 is 1. The number of aromatic nitrogens is 1. The predicted molar refractivity (Wildman–Crippen MR) is 171 cm³/mol. The Morgan fingerprint density at radius 3 is 2.45 bits per heavy atom. The molecule has 1 aliphatic heterocycles. The lowest BCUT2D eigenvalue weighted by atomic mass is 9.95. The van der Waals surface area contributed by atoms with Gasteiger partial charge < -0.3 is 19.3 Å². The summed E-state index contributed by atoms with van der Waals surface area (Å²) in [6, 6.07) is 25.8. The van der Waals surface area contributed by atoms with Crippen LogP contribution in [0, 0.1) is 0 Å². The van der Waals surface area contributed by atoms with Gasteiger partial charge in [0.2, 0.25) is 0 Å². The summed E-state index contributed by atoms with van der Waals surface area (Å²) in [5.41, 5.74) is 2.44. The Hall–Kier alpha value is -4.86. The first kappa shape index (κ1) is 29.2. The van der Waals surface area contributed by atoms with Crippen LogP contribution in [0.15, 0.2) is 96.6 Å². The van der Waals surface area contributed by atoms with E-state index in [2.05, 4.69) is 4.98 Å². The minimum Gasteiger partial charge on any atom is -0.507 e. The van der Waals surface area contributed by atoms with Gasteiger partial charge in [0.1, 0.15) is 18.1 Å². The summed E-state index contributed by atoms with van der Waals surface area (Å²) in [5, 5.41) is 12.3. The number of ether oxygens (including phenoxy) is 3. The number of hydrogen-bond acceptors (Lipinski definition) is 8. The molecule has 0 aliphatic carbocycles. The number of hydrogen-bond donors (Lipinski definition) is 1. The van der Waals surface area contributed by atoms with Gasteiger partial charge in [-0.15, -0.1) is 0 Å². The molecule has 1 N–H and O–H groups in total. The number of benzene rings is 4. The van der Waals surface area contributed by atoms with Crippen LogP contribution in [-0.4, -0.2) is 35.5 Å². The van der Waals surface area contributed by atoms with E-state index in [4.69, 9.17) is 25.8 Å². The number of nitrogens with zero attached hydrogens (tertiary/aromatic N) is 2. The molecule has 0 radical (unpaired) electrons. The molecule has 0 spiro atoms. The number of halogens is 1. The molecule has 0 bridgehead atoms. The fourth-order valence-corrected chi connectivity index (χ4v) is 6.20. The summed E-state index contributed by atoms with van der Waals surface area (Å²) < 4.78 is 18.2. The van der Waals surface area contributed by atoms with Crippen molar-refractivity contribution in [3.63, 3.8) is 0 Å². The maximum absolute atomic E-state index is 13.7. The third kappa shape index (κ3) is 5.59. The van der Waals surface area contributed by atoms with Crippen molar-refractivity contribution in [2.75, 3.05) is 18.6 Å². The van der Waals surface area contributed by atoms with Gasteiger partial charge >= 0.3 is 5.91 Å². The van der Waals surface area contributed by atoms with Crippen LogP contribution in [0.3, 0.4) is 0 Å². The first-order valence-corrected chi connectivity index (χ1v) is 15.0. The van der Waals surface area contributed by atoms with E-state index < -0.39 is 17.7 Å². The highest BCUT2D eigenvalue weighted by molar-refractivity contribution is 7.22. The third-order valence-corrected chi connectivity index (χ3v) is 8.44. The molecule has 1 aliphatic rings. The molecule has 1 aromatic heterocycles. The fraction of sp³-hybridized carbons (Fsp3) is 0.147.